The van der Waals surface area contributed by atoms with Gasteiger partial charge in [-0.3, -0.25) is 4.79 Å². The zero-order valence-corrected chi connectivity index (χ0v) is 20.4. The Hall–Kier alpha value is -2.70. The maximum Gasteiger partial charge on any atom is 0.253 e. The van der Waals surface area contributed by atoms with Crippen LogP contribution < -0.4 is 10.9 Å². The molecule has 0 bridgehead atoms. The molecule has 0 radical (unpaired) electrons. The molecule has 2 N–H and O–H groups in total. The van der Waals surface area contributed by atoms with Crippen LogP contribution in [0.4, 0.5) is 5.69 Å². The molecule has 32 heavy (non-hydrogen) atoms. The van der Waals surface area contributed by atoms with Gasteiger partial charge in [-0.15, -0.1) is 0 Å². The van der Waals surface area contributed by atoms with Crippen LogP contribution in [0.5, 0.6) is 0 Å². The molecule has 0 fully saturated rings. The Bertz CT molecular complexity index is 1110. The van der Waals surface area contributed by atoms with E-state index in [1.807, 2.05) is 43.3 Å². The molecule has 6 heteroatoms. The highest BCUT2D eigenvalue weighted by Gasteiger charge is 2.15. The second-order valence-corrected chi connectivity index (χ2v) is 8.65. The number of hydrogen-bond acceptors (Lipinski definition) is 3. The Kier molecular flexibility index (Phi) is 8.42. The summed E-state index contributed by atoms with van der Waals surface area (Å²) in [5.41, 5.74) is 4.79. The number of aromatic nitrogens is 1. The third-order valence-corrected chi connectivity index (χ3v) is 6.20. The Morgan fingerprint density at radius 2 is 1.75 bits per heavy atom. The van der Waals surface area contributed by atoms with Crippen molar-refractivity contribution in [2.75, 3.05) is 31.5 Å². The van der Waals surface area contributed by atoms with Crippen LogP contribution in [0.1, 0.15) is 37.0 Å². The van der Waals surface area contributed by atoms with Crippen molar-refractivity contribution in [2.45, 2.75) is 40.7 Å². The zero-order chi connectivity index (χ0) is 23.1. The number of anilines is 1. The van der Waals surface area contributed by atoms with Crippen molar-refractivity contribution >= 4 is 33.9 Å². The van der Waals surface area contributed by atoms with Gasteiger partial charge in [0, 0.05) is 17.8 Å². The molecule has 0 aliphatic carbocycles. The smallest absolute Gasteiger partial charge is 0.253 e. The minimum absolute atomic E-state index is 0.0549. The van der Waals surface area contributed by atoms with E-state index in [1.165, 1.54) is 5.56 Å². The number of fused-ring (bicyclic) bond motifs is 1. The molecule has 0 spiro atoms. The molecule has 170 valence electrons. The van der Waals surface area contributed by atoms with E-state index in [-0.39, 0.29) is 5.56 Å². The normalized spacial score (nSPS) is 11.2. The highest BCUT2D eigenvalue weighted by molar-refractivity contribution is 7.80. The Labute approximate surface area is 196 Å². The van der Waals surface area contributed by atoms with E-state index >= 15 is 0 Å². The summed E-state index contributed by atoms with van der Waals surface area (Å²) >= 11 is 5.76. The number of nitrogens with one attached hydrogen (secondary N) is 2. The predicted octanol–water partition coefficient (Wildman–Crippen LogP) is 5.08. The number of rotatable bonds is 9. The molecule has 3 aromatic rings. The van der Waals surface area contributed by atoms with Crippen molar-refractivity contribution in [3.63, 3.8) is 0 Å². The van der Waals surface area contributed by atoms with Crippen molar-refractivity contribution in [3.8, 4) is 0 Å². The summed E-state index contributed by atoms with van der Waals surface area (Å²) in [6, 6.07) is 16.2. The van der Waals surface area contributed by atoms with E-state index in [0.29, 0.717) is 11.7 Å². The fourth-order valence-electron chi connectivity index (χ4n) is 4.06. The van der Waals surface area contributed by atoms with E-state index in [4.69, 9.17) is 12.2 Å². The van der Waals surface area contributed by atoms with E-state index in [2.05, 4.69) is 53.0 Å². The molecule has 0 atom stereocenters. The second-order valence-electron chi connectivity index (χ2n) is 8.27. The van der Waals surface area contributed by atoms with Crippen LogP contribution in [0.3, 0.4) is 0 Å². The summed E-state index contributed by atoms with van der Waals surface area (Å²) in [5, 5.41) is 5.03. The van der Waals surface area contributed by atoms with Gasteiger partial charge in [0.05, 0.1) is 12.1 Å². The van der Waals surface area contributed by atoms with Crippen LogP contribution in [0.15, 0.2) is 53.3 Å². The fourth-order valence-corrected chi connectivity index (χ4v) is 4.33. The Morgan fingerprint density at radius 1 is 1.03 bits per heavy atom. The van der Waals surface area contributed by atoms with Crippen LogP contribution in [-0.2, 0) is 6.54 Å². The summed E-state index contributed by atoms with van der Waals surface area (Å²) in [6.07, 6.45) is 0.974. The minimum Gasteiger partial charge on any atom is -0.344 e. The summed E-state index contributed by atoms with van der Waals surface area (Å²) in [7, 11) is 0. The molecule has 1 aromatic heterocycles. The van der Waals surface area contributed by atoms with Gasteiger partial charge in [0.1, 0.15) is 0 Å². The first-order chi connectivity index (χ1) is 15.4. The first-order valence-corrected chi connectivity index (χ1v) is 11.8. The van der Waals surface area contributed by atoms with E-state index in [0.717, 1.165) is 60.3 Å². The summed E-state index contributed by atoms with van der Waals surface area (Å²) in [6.45, 7) is 12.8. The molecular formula is C26H34N4OS. The van der Waals surface area contributed by atoms with Crippen molar-refractivity contribution < 1.29 is 0 Å². The van der Waals surface area contributed by atoms with Gasteiger partial charge in [-0.2, -0.15) is 0 Å². The Morgan fingerprint density at radius 3 is 2.44 bits per heavy atom. The highest BCUT2D eigenvalue weighted by Crippen LogP contribution is 2.19. The minimum atomic E-state index is -0.0549. The molecule has 0 saturated heterocycles. The van der Waals surface area contributed by atoms with Crippen molar-refractivity contribution in [3.05, 3.63) is 75.6 Å². The maximum absolute atomic E-state index is 12.9. The van der Waals surface area contributed by atoms with Crippen LogP contribution >= 0.6 is 12.2 Å². The number of H-pyrrole nitrogens is 1. The van der Waals surface area contributed by atoms with Gasteiger partial charge in [0.15, 0.2) is 5.11 Å². The first-order valence-electron chi connectivity index (χ1n) is 11.4. The van der Waals surface area contributed by atoms with Crippen molar-refractivity contribution in [1.29, 1.82) is 0 Å². The summed E-state index contributed by atoms with van der Waals surface area (Å²) in [5.74, 6) is 0. The van der Waals surface area contributed by atoms with Crippen LogP contribution in [0.25, 0.3) is 10.9 Å². The third kappa shape index (κ3) is 6.17. The lowest BCUT2D eigenvalue weighted by Crippen LogP contribution is -2.38. The Balaban J connectivity index is 1.84. The lowest BCUT2D eigenvalue weighted by Gasteiger charge is -2.27. The molecule has 0 amide bonds. The molecule has 2 aromatic carbocycles. The molecule has 0 aliphatic rings. The largest absolute Gasteiger partial charge is 0.344 e. The molecule has 5 nitrogen and oxygen atoms in total. The topological polar surface area (TPSA) is 51.4 Å². The maximum atomic E-state index is 12.9. The summed E-state index contributed by atoms with van der Waals surface area (Å²) in [4.78, 5) is 20.5. The number of aromatic amines is 1. The van der Waals surface area contributed by atoms with Crippen molar-refractivity contribution in [2.24, 2.45) is 0 Å². The number of hydrogen-bond donors (Lipinski definition) is 2. The number of benzene rings is 2. The number of pyridine rings is 1. The van der Waals surface area contributed by atoms with E-state index in [1.54, 1.807) is 0 Å². The first kappa shape index (κ1) is 24.0. The highest BCUT2D eigenvalue weighted by atomic mass is 32.1. The molecule has 0 unspecified atom stereocenters. The van der Waals surface area contributed by atoms with Gasteiger partial charge in [-0.1, -0.05) is 43.7 Å². The molecule has 0 saturated carbocycles. The molecule has 0 aliphatic heterocycles. The van der Waals surface area contributed by atoms with Gasteiger partial charge in [-0.05, 0) is 87.3 Å². The predicted molar refractivity (Wildman–Crippen MR) is 140 cm³/mol. The van der Waals surface area contributed by atoms with Crippen LogP contribution in [0, 0.1) is 13.8 Å². The molecule has 1 heterocycles. The van der Waals surface area contributed by atoms with Gasteiger partial charge in [0.25, 0.3) is 5.56 Å². The molecule has 3 rings (SSSR count). The van der Waals surface area contributed by atoms with Crippen LogP contribution in [-0.4, -0.2) is 46.1 Å². The van der Waals surface area contributed by atoms with Gasteiger partial charge in [-0.25, -0.2) is 0 Å². The van der Waals surface area contributed by atoms with Crippen molar-refractivity contribution in [1.82, 2.24) is 14.8 Å². The monoisotopic (exact) mass is 450 g/mol. The second kappa shape index (κ2) is 11.2. The third-order valence-electron chi connectivity index (χ3n) is 5.84. The van der Waals surface area contributed by atoms with Gasteiger partial charge >= 0.3 is 0 Å². The standard InChI is InChI=1S/C26H34N4OS/c1-5-29(6-2)13-10-14-30(26(32)27-23-11-8-7-9-12-23)18-22-17-21-16-19(3)15-20(4)24(21)28-25(22)31/h7-9,11-12,15-17H,5-6,10,13-14,18H2,1-4H3,(H,27,32)(H,28,31). The SMILES string of the molecule is CCN(CC)CCCN(Cc1cc2cc(C)cc(C)c2[nH]c1=O)C(=S)Nc1ccccc1. The zero-order valence-electron chi connectivity index (χ0n) is 19.6. The van der Waals surface area contributed by atoms with Crippen LogP contribution in [0.2, 0.25) is 0 Å². The average molecular weight is 451 g/mol. The average Bonchev–Trinajstić information content (AvgIpc) is 2.77. The lowest BCUT2D eigenvalue weighted by molar-refractivity contribution is 0.281. The quantitative estimate of drug-likeness (QED) is 0.446. The molecular weight excluding hydrogens is 416 g/mol. The number of thiocarbonyl (C=S) groups is 1. The lowest BCUT2D eigenvalue weighted by atomic mass is 10.1. The van der Waals surface area contributed by atoms with Gasteiger partial charge in [0.2, 0.25) is 0 Å². The van der Waals surface area contributed by atoms with E-state index in [9.17, 15) is 4.79 Å². The number of para-hydroxylation sites is 1. The van der Waals surface area contributed by atoms with Gasteiger partial charge < -0.3 is 20.1 Å². The number of aryl methyl sites for hydroxylation is 2. The fraction of sp³-hybridized carbons (Fsp3) is 0.385. The number of nitrogens with zero attached hydrogens (tertiary/aromatic N) is 2. The summed E-state index contributed by atoms with van der Waals surface area (Å²) < 4.78 is 0. The van der Waals surface area contributed by atoms with E-state index < -0.39 is 0 Å².